The molecule has 25 heavy (non-hydrogen) atoms. The molecule has 0 aromatic heterocycles. The van der Waals surface area contributed by atoms with E-state index in [1.165, 1.54) is 12.1 Å². The van der Waals surface area contributed by atoms with Gasteiger partial charge in [0.05, 0.1) is 0 Å². The predicted octanol–water partition coefficient (Wildman–Crippen LogP) is 7.31. The molecular formula is C15H6Br2F8. The molecule has 0 bridgehead atoms. The number of hydrogen-bond acceptors (Lipinski definition) is 0. The van der Waals surface area contributed by atoms with Crippen molar-refractivity contribution in [3.05, 3.63) is 56.7 Å². The van der Waals surface area contributed by atoms with E-state index in [1.807, 2.05) is 0 Å². The first-order valence-electron chi connectivity index (χ1n) is 6.37. The van der Waals surface area contributed by atoms with Gasteiger partial charge in [-0.15, -0.1) is 0 Å². The van der Waals surface area contributed by atoms with E-state index in [0.29, 0.717) is 6.07 Å². The van der Waals surface area contributed by atoms with Crippen LogP contribution in [0.25, 0.3) is 11.1 Å². The molecule has 0 aliphatic carbocycles. The average molecular weight is 498 g/mol. The quantitative estimate of drug-likeness (QED) is 0.382. The normalized spacial score (nSPS) is 13.2. The molecule has 0 radical (unpaired) electrons. The number of rotatable bonds is 2. The maximum atomic E-state index is 14.6. The second-order valence-electron chi connectivity index (χ2n) is 4.94. The van der Waals surface area contributed by atoms with Gasteiger partial charge in [-0.2, -0.15) is 26.3 Å². The Balaban J connectivity index is 2.97. The summed E-state index contributed by atoms with van der Waals surface area (Å²) < 4.78 is 107. The Morgan fingerprint density at radius 1 is 0.760 bits per heavy atom. The van der Waals surface area contributed by atoms with Crippen LogP contribution in [0.15, 0.2) is 45.3 Å². The lowest BCUT2D eigenvalue weighted by atomic mass is 9.87. The zero-order valence-electron chi connectivity index (χ0n) is 11.7. The summed E-state index contributed by atoms with van der Waals surface area (Å²) in [5.41, 5.74) is -8.94. The van der Waals surface area contributed by atoms with Crippen LogP contribution >= 0.6 is 31.9 Å². The molecular weight excluding hydrogens is 492 g/mol. The van der Waals surface area contributed by atoms with Gasteiger partial charge in [0.25, 0.3) is 0 Å². The average Bonchev–Trinajstić information content (AvgIpc) is 2.44. The van der Waals surface area contributed by atoms with Crippen molar-refractivity contribution >= 4 is 31.9 Å². The fraction of sp³-hybridized carbons (Fsp3) is 0.200. The summed E-state index contributed by atoms with van der Waals surface area (Å²) >= 11 is 5.54. The predicted molar refractivity (Wildman–Crippen MR) is 82.1 cm³/mol. The van der Waals surface area contributed by atoms with Crippen molar-refractivity contribution in [1.82, 2.24) is 0 Å². The highest BCUT2D eigenvalue weighted by Gasteiger charge is 2.74. The molecule has 0 saturated heterocycles. The topological polar surface area (TPSA) is 0 Å². The van der Waals surface area contributed by atoms with Crippen molar-refractivity contribution in [3.8, 4) is 11.1 Å². The third-order valence-corrected chi connectivity index (χ3v) is 4.43. The summed E-state index contributed by atoms with van der Waals surface area (Å²) in [5.74, 6) is -1.10. The van der Waals surface area contributed by atoms with Crippen LogP contribution in [0.4, 0.5) is 35.1 Å². The highest BCUT2D eigenvalue weighted by atomic mass is 79.9. The summed E-state index contributed by atoms with van der Waals surface area (Å²) in [7, 11) is 0. The first-order valence-corrected chi connectivity index (χ1v) is 7.96. The van der Waals surface area contributed by atoms with Crippen LogP contribution in [-0.2, 0) is 5.67 Å². The van der Waals surface area contributed by atoms with Crippen LogP contribution in [0.1, 0.15) is 5.56 Å². The van der Waals surface area contributed by atoms with Gasteiger partial charge in [-0.05, 0) is 18.2 Å². The first kappa shape index (κ1) is 20.2. The zero-order valence-corrected chi connectivity index (χ0v) is 14.9. The van der Waals surface area contributed by atoms with E-state index >= 15 is 0 Å². The Bertz CT molecular complexity index is 781. The smallest absolute Gasteiger partial charge is 0.218 e. The Hall–Kier alpha value is -1.16. The molecule has 0 saturated carbocycles. The molecule has 136 valence electrons. The van der Waals surface area contributed by atoms with Gasteiger partial charge in [0.1, 0.15) is 5.82 Å². The number of halogens is 10. The Labute approximate surface area is 153 Å². The van der Waals surface area contributed by atoms with Crippen molar-refractivity contribution in [2.45, 2.75) is 18.0 Å². The van der Waals surface area contributed by atoms with Gasteiger partial charge >= 0.3 is 18.0 Å². The molecule has 0 unspecified atom stereocenters. The van der Waals surface area contributed by atoms with Crippen LogP contribution in [0.5, 0.6) is 0 Å². The van der Waals surface area contributed by atoms with Crippen molar-refractivity contribution in [2.24, 2.45) is 0 Å². The van der Waals surface area contributed by atoms with Crippen LogP contribution in [0.3, 0.4) is 0 Å². The molecule has 10 heteroatoms. The van der Waals surface area contributed by atoms with Gasteiger partial charge in [0.15, 0.2) is 0 Å². The van der Waals surface area contributed by atoms with E-state index in [0.717, 1.165) is 18.2 Å². The third-order valence-electron chi connectivity index (χ3n) is 3.35. The molecule has 0 aliphatic rings. The first-order chi connectivity index (χ1) is 11.3. The standard InChI is InChI=1S/C15H6Br2F8/c16-7-5-9(13(19,14(20,21)22)15(23,24)25)12(10(17)6-7)8-3-1-2-4-11(8)18/h1-6H. The Kier molecular flexibility index (Phi) is 5.27. The molecule has 2 rings (SSSR count). The van der Waals surface area contributed by atoms with E-state index in [4.69, 9.17) is 0 Å². The van der Waals surface area contributed by atoms with Gasteiger partial charge in [-0.1, -0.05) is 50.1 Å². The van der Waals surface area contributed by atoms with E-state index in [1.54, 1.807) is 0 Å². The lowest BCUT2D eigenvalue weighted by molar-refractivity contribution is -0.348. The van der Waals surface area contributed by atoms with Crippen molar-refractivity contribution < 1.29 is 35.1 Å². The number of hydrogen-bond donors (Lipinski definition) is 0. The van der Waals surface area contributed by atoms with Gasteiger partial charge in [0.2, 0.25) is 0 Å². The third kappa shape index (κ3) is 3.42. The second-order valence-corrected chi connectivity index (χ2v) is 6.71. The second kappa shape index (κ2) is 6.53. The number of benzene rings is 2. The summed E-state index contributed by atoms with van der Waals surface area (Å²) in [4.78, 5) is 0. The highest BCUT2D eigenvalue weighted by molar-refractivity contribution is 9.11. The number of alkyl halides is 7. The van der Waals surface area contributed by atoms with E-state index in [9.17, 15) is 35.1 Å². The summed E-state index contributed by atoms with van der Waals surface area (Å²) in [5, 5.41) is 0. The lowest BCUT2D eigenvalue weighted by Gasteiger charge is -2.32. The molecule has 0 spiro atoms. The Morgan fingerprint density at radius 3 is 1.76 bits per heavy atom. The van der Waals surface area contributed by atoms with E-state index in [-0.39, 0.29) is 8.95 Å². The van der Waals surface area contributed by atoms with Gasteiger partial charge in [-0.3, -0.25) is 0 Å². The molecule has 0 nitrogen and oxygen atoms in total. The SMILES string of the molecule is Fc1ccccc1-c1c(Br)cc(Br)cc1C(F)(C(F)(F)F)C(F)(F)F. The molecule has 0 N–H and O–H groups in total. The van der Waals surface area contributed by atoms with Crippen LogP contribution in [0, 0.1) is 5.82 Å². The summed E-state index contributed by atoms with van der Waals surface area (Å²) in [6, 6.07) is 5.64. The van der Waals surface area contributed by atoms with Gasteiger partial charge < -0.3 is 0 Å². The summed E-state index contributed by atoms with van der Waals surface area (Å²) in [6.07, 6.45) is -12.6. The molecule has 0 atom stereocenters. The molecule has 2 aromatic rings. The van der Waals surface area contributed by atoms with E-state index < -0.39 is 40.5 Å². The fourth-order valence-corrected chi connectivity index (χ4v) is 3.69. The molecule has 0 amide bonds. The van der Waals surface area contributed by atoms with Crippen molar-refractivity contribution in [1.29, 1.82) is 0 Å². The molecule has 2 aromatic carbocycles. The highest BCUT2D eigenvalue weighted by Crippen LogP contribution is 2.56. The minimum atomic E-state index is -6.31. The largest absolute Gasteiger partial charge is 0.435 e. The minimum absolute atomic E-state index is 0.245. The van der Waals surface area contributed by atoms with Crippen LogP contribution < -0.4 is 0 Å². The fourth-order valence-electron chi connectivity index (χ4n) is 2.25. The van der Waals surface area contributed by atoms with Gasteiger partial charge in [-0.25, -0.2) is 8.78 Å². The molecule has 0 heterocycles. The van der Waals surface area contributed by atoms with E-state index in [2.05, 4.69) is 31.9 Å². The monoisotopic (exact) mass is 496 g/mol. The Morgan fingerprint density at radius 2 is 1.28 bits per heavy atom. The maximum absolute atomic E-state index is 14.6. The van der Waals surface area contributed by atoms with Crippen LogP contribution in [-0.4, -0.2) is 12.4 Å². The van der Waals surface area contributed by atoms with Crippen molar-refractivity contribution in [2.75, 3.05) is 0 Å². The van der Waals surface area contributed by atoms with Crippen LogP contribution in [0.2, 0.25) is 0 Å². The van der Waals surface area contributed by atoms with Gasteiger partial charge in [0, 0.05) is 25.6 Å². The zero-order chi connectivity index (χ0) is 19.2. The lowest BCUT2D eigenvalue weighted by Crippen LogP contribution is -2.50. The minimum Gasteiger partial charge on any atom is -0.218 e. The van der Waals surface area contributed by atoms with Crippen molar-refractivity contribution in [3.63, 3.8) is 0 Å². The maximum Gasteiger partial charge on any atom is 0.435 e. The molecule has 0 aliphatic heterocycles. The molecule has 0 fully saturated rings. The summed E-state index contributed by atoms with van der Waals surface area (Å²) in [6.45, 7) is 0.